The standard InChI is InChI=1S/C23H23ClFN5OS/c1-15-13-16(24)5-6-20(15)29-8-10-30(11-9-29)23-27-19-7-12-32(31)21(19)22(28-23)26-18-4-2-3-17(25)14-18/h2-6,13-14H,7-12H2,1H3,(H,26,27,28). The average molecular weight is 472 g/mol. The van der Waals surface area contributed by atoms with E-state index in [-0.39, 0.29) is 5.82 Å². The molecule has 3 heterocycles. The molecular weight excluding hydrogens is 449 g/mol. The summed E-state index contributed by atoms with van der Waals surface area (Å²) in [6, 6.07) is 12.2. The van der Waals surface area contributed by atoms with Gasteiger partial charge in [0, 0.05) is 49.0 Å². The van der Waals surface area contributed by atoms with Gasteiger partial charge < -0.3 is 19.7 Å². The van der Waals surface area contributed by atoms with Crippen LogP contribution < -0.4 is 15.1 Å². The highest BCUT2D eigenvalue weighted by Crippen LogP contribution is 2.34. The van der Waals surface area contributed by atoms with Gasteiger partial charge in [-0.1, -0.05) is 17.7 Å². The third-order valence-electron chi connectivity index (χ3n) is 5.83. The fourth-order valence-electron chi connectivity index (χ4n) is 4.23. The molecule has 9 heteroatoms. The van der Waals surface area contributed by atoms with Gasteiger partial charge in [0.05, 0.1) is 0 Å². The molecule has 1 aromatic heterocycles. The second kappa shape index (κ2) is 8.77. The van der Waals surface area contributed by atoms with Crippen molar-refractivity contribution in [3.05, 3.63) is 64.6 Å². The molecule has 32 heavy (non-hydrogen) atoms. The third-order valence-corrected chi connectivity index (χ3v) is 7.52. The molecule has 1 saturated heterocycles. The van der Waals surface area contributed by atoms with Gasteiger partial charge in [0.15, 0.2) is 5.82 Å². The number of nitrogens with zero attached hydrogens (tertiary/aromatic N) is 4. The van der Waals surface area contributed by atoms with E-state index in [4.69, 9.17) is 21.6 Å². The van der Waals surface area contributed by atoms with E-state index < -0.39 is 11.2 Å². The van der Waals surface area contributed by atoms with Gasteiger partial charge in [-0.15, -0.1) is 0 Å². The number of nitrogens with one attached hydrogen (secondary N) is 1. The maximum Gasteiger partial charge on any atom is 0.228 e. The number of hydrogen-bond acceptors (Lipinski definition) is 6. The third kappa shape index (κ3) is 4.22. The van der Waals surface area contributed by atoms with Crippen LogP contribution in [0.2, 0.25) is 5.02 Å². The molecule has 1 N–H and O–H groups in total. The second-order valence-corrected chi connectivity index (χ2v) is 9.93. The summed E-state index contributed by atoms with van der Waals surface area (Å²) in [5.74, 6) is 1.32. The van der Waals surface area contributed by atoms with Crippen molar-refractivity contribution in [3.63, 3.8) is 0 Å². The first kappa shape index (κ1) is 21.3. The summed E-state index contributed by atoms with van der Waals surface area (Å²) in [6.45, 7) is 5.28. The normalized spacial score (nSPS) is 18.1. The summed E-state index contributed by atoms with van der Waals surface area (Å²) in [5, 5.41) is 3.91. The van der Waals surface area contributed by atoms with Crippen molar-refractivity contribution in [1.29, 1.82) is 0 Å². The van der Waals surface area contributed by atoms with Gasteiger partial charge in [-0.3, -0.25) is 0 Å². The van der Waals surface area contributed by atoms with Crippen molar-refractivity contribution in [1.82, 2.24) is 9.97 Å². The van der Waals surface area contributed by atoms with Crippen molar-refractivity contribution >= 4 is 45.9 Å². The van der Waals surface area contributed by atoms with E-state index in [0.717, 1.165) is 42.5 Å². The maximum absolute atomic E-state index is 13.7. The number of halogens is 2. The molecule has 2 aliphatic rings. The van der Waals surface area contributed by atoms with Gasteiger partial charge >= 0.3 is 0 Å². The number of piperazine rings is 1. The van der Waals surface area contributed by atoms with E-state index in [0.29, 0.717) is 34.5 Å². The summed E-state index contributed by atoms with van der Waals surface area (Å²) >= 11 is 4.95. The minimum atomic E-state index is -1.16. The molecule has 0 bridgehead atoms. The Balaban J connectivity index is 1.38. The number of fused-ring (bicyclic) bond motifs is 1. The SMILES string of the molecule is Cc1cc(Cl)ccc1N1CCN(c2nc3c(c(Nc4cccc(F)c4)n2)[S+]([O-])CC3)CC1. The Kier molecular flexibility index (Phi) is 5.84. The zero-order valence-corrected chi connectivity index (χ0v) is 19.2. The fraction of sp³-hybridized carbons (Fsp3) is 0.304. The van der Waals surface area contributed by atoms with Crippen LogP contribution in [0.25, 0.3) is 0 Å². The van der Waals surface area contributed by atoms with Crippen molar-refractivity contribution in [2.24, 2.45) is 0 Å². The van der Waals surface area contributed by atoms with Crippen LogP contribution in [0.5, 0.6) is 0 Å². The van der Waals surface area contributed by atoms with Crippen LogP contribution in [0.4, 0.5) is 27.5 Å². The number of hydrogen-bond donors (Lipinski definition) is 1. The van der Waals surface area contributed by atoms with E-state index in [1.54, 1.807) is 12.1 Å². The van der Waals surface area contributed by atoms with Gasteiger partial charge in [-0.2, -0.15) is 4.98 Å². The van der Waals surface area contributed by atoms with Gasteiger partial charge in [-0.05, 0) is 60.1 Å². The summed E-state index contributed by atoms with van der Waals surface area (Å²) in [4.78, 5) is 14.6. The topological polar surface area (TPSA) is 67.3 Å². The average Bonchev–Trinajstić information content (AvgIpc) is 3.15. The number of rotatable bonds is 4. The molecule has 2 aromatic carbocycles. The predicted molar refractivity (Wildman–Crippen MR) is 127 cm³/mol. The Bertz CT molecular complexity index is 1160. The molecule has 2 aliphatic heterocycles. The highest BCUT2D eigenvalue weighted by Gasteiger charge is 2.33. The molecule has 6 nitrogen and oxygen atoms in total. The van der Waals surface area contributed by atoms with E-state index >= 15 is 0 Å². The molecule has 0 spiro atoms. The molecular formula is C23H23ClFN5OS. The van der Waals surface area contributed by atoms with Crippen LogP contribution in [0.1, 0.15) is 11.3 Å². The van der Waals surface area contributed by atoms with Gasteiger partial charge in [0.2, 0.25) is 10.8 Å². The number of benzene rings is 2. The number of anilines is 4. The Labute approximate surface area is 194 Å². The predicted octanol–water partition coefficient (Wildman–Crippen LogP) is 4.31. The molecule has 0 aliphatic carbocycles. The highest BCUT2D eigenvalue weighted by molar-refractivity contribution is 7.91. The summed E-state index contributed by atoms with van der Waals surface area (Å²) < 4.78 is 26.2. The molecule has 1 atom stereocenters. The first-order chi connectivity index (χ1) is 15.5. The summed E-state index contributed by atoms with van der Waals surface area (Å²) in [7, 11) is 0. The zero-order chi connectivity index (χ0) is 22.2. The monoisotopic (exact) mass is 471 g/mol. The molecule has 1 unspecified atom stereocenters. The molecule has 0 saturated carbocycles. The zero-order valence-electron chi connectivity index (χ0n) is 17.6. The van der Waals surface area contributed by atoms with Gasteiger partial charge in [0.1, 0.15) is 17.3 Å². The molecule has 5 rings (SSSR count). The van der Waals surface area contributed by atoms with Crippen molar-refractivity contribution in [2.75, 3.05) is 47.0 Å². The Hall–Kier alpha value is -2.55. The van der Waals surface area contributed by atoms with E-state index in [1.165, 1.54) is 17.8 Å². The lowest BCUT2D eigenvalue weighted by Gasteiger charge is -2.37. The van der Waals surface area contributed by atoms with Crippen LogP contribution >= 0.6 is 11.6 Å². The van der Waals surface area contributed by atoms with Crippen molar-refractivity contribution in [2.45, 2.75) is 18.2 Å². The lowest BCUT2D eigenvalue weighted by Crippen LogP contribution is -2.47. The van der Waals surface area contributed by atoms with Crippen molar-refractivity contribution < 1.29 is 8.94 Å². The Morgan fingerprint density at radius 1 is 1.06 bits per heavy atom. The van der Waals surface area contributed by atoms with Crippen molar-refractivity contribution in [3.8, 4) is 0 Å². The molecule has 166 valence electrons. The van der Waals surface area contributed by atoms with E-state index in [2.05, 4.69) is 28.1 Å². The lowest BCUT2D eigenvalue weighted by molar-refractivity contribution is 0.598. The lowest BCUT2D eigenvalue weighted by atomic mass is 10.1. The number of aryl methyl sites for hydroxylation is 2. The van der Waals surface area contributed by atoms with Gasteiger partial charge in [-0.25, -0.2) is 9.37 Å². The highest BCUT2D eigenvalue weighted by atomic mass is 35.5. The van der Waals surface area contributed by atoms with Crippen LogP contribution in [-0.2, 0) is 17.6 Å². The number of aromatic nitrogens is 2. The smallest absolute Gasteiger partial charge is 0.228 e. The first-order valence-electron chi connectivity index (χ1n) is 10.6. The Morgan fingerprint density at radius 2 is 1.84 bits per heavy atom. The largest absolute Gasteiger partial charge is 0.611 e. The first-order valence-corrected chi connectivity index (χ1v) is 12.3. The van der Waals surface area contributed by atoms with E-state index in [9.17, 15) is 8.94 Å². The molecule has 1 fully saturated rings. The second-order valence-electron chi connectivity index (χ2n) is 7.99. The molecule has 3 aromatic rings. The summed E-state index contributed by atoms with van der Waals surface area (Å²) in [6.07, 6.45) is 0.652. The van der Waals surface area contributed by atoms with Crippen LogP contribution in [0, 0.1) is 12.7 Å². The van der Waals surface area contributed by atoms with Crippen LogP contribution in [0.15, 0.2) is 47.4 Å². The minimum Gasteiger partial charge on any atom is -0.611 e. The van der Waals surface area contributed by atoms with Crippen LogP contribution in [0.3, 0.4) is 0 Å². The summed E-state index contributed by atoms with van der Waals surface area (Å²) in [5.41, 5.74) is 3.73. The quantitative estimate of drug-likeness (QED) is 0.572. The maximum atomic E-state index is 13.7. The molecule has 0 radical (unpaired) electrons. The minimum absolute atomic E-state index is 0.337. The van der Waals surface area contributed by atoms with Crippen LogP contribution in [-0.4, -0.2) is 46.5 Å². The van der Waals surface area contributed by atoms with E-state index in [1.807, 2.05) is 12.1 Å². The Morgan fingerprint density at radius 3 is 2.59 bits per heavy atom. The molecule has 0 amide bonds. The van der Waals surface area contributed by atoms with Gasteiger partial charge in [0.25, 0.3) is 0 Å². The fourth-order valence-corrected chi connectivity index (χ4v) is 5.77.